The van der Waals surface area contributed by atoms with Gasteiger partial charge in [0, 0.05) is 12.8 Å². The summed E-state index contributed by atoms with van der Waals surface area (Å²) in [6.45, 7) is 2.74. The third kappa shape index (κ3) is 2.03. The maximum Gasteiger partial charge on any atom is 0.229 e. The van der Waals surface area contributed by atoms with Crippen molar-refractivity contribution in [3.8, 4) is 0 Å². The predicted octanol–water partition coefficient (Wildman–Crippen LogP) is -0.758. The van der Waals surface area contributed by atoms with Crippen molar-refractivity contribution in [1.82, 2.24) is 5.01 Å². The summed E-state index contributed by atoms with van der Waals surface area (Å²) >= 11 is 0. The molecule has 0 aliphatic carbocycles. The SMILES string of the molecule is CC1CC(N2N=CC(C(N)=O)C2N)CCO1. The zero-order chi connectivity index (χ0) is 11.7. The van der Waals surface area contributed by atoms with Crippen molar-refractivity contribution in [3.05, 3.63) is 0 Å². The van der Waals surface area contributed by atoms with Crippen molar-refractivity contribution in [2.45, 2.75) is 38.1 Å². The number of nitrogens with two attached hydrogens (primary N) is 2. The van der Waals surface area contributed by atoms with Gasteiger partial charge in [-0.05, 0) is 19.8 Å². The molecule has 2 heterocycles. The third-order valence-corrected chi connectivity index (χ3v) is 3.19. The van der Waals surface area contributed by atoms with Crippen LogP contribution in [0.2, 0.25) is 0 Å². The second-order valence-electron chi connectivity index (χ2n) is 4.42. The average molecular weight is 226 g/mol. The lowest BCUT2D eigenvalue weighted by Crippen LogP contribution is -2.51. The second-order valence-corrected chi connectivity index (χ2v) is 4.42. The molecule has 0 radical (unpaired) electrons. The molecule has 2 aliphatic heterocycles. The van der Waals surface area contributed by atoms with Crippen molar-refractivity contribution in [2.75, 3.05) is 6.61 Å². The molecule has 6 heteroatoms. The van der Waals surface area contributed by atoms with E-state index >= 15 is 0 Å². The molecule has 0 aromatic heterocycles. The lowest BCUT2D eigenvalue weighted by molar-refractivity contribution is -0.121. The van der Waals surface area contributed by atoms with Crippen molar-refractivity contribution in [3.63, 3.8) is 0 Å². The van der Waals surface area contributed by atoms with E-state index in [2.05, 4.69) is 5.10 Å². The fourth-order valence-corrected chi connectivity index (χ4v) is 2.27. The molecule has 2 aliphatic rings. The normalized spacial score (nSPS) is 39.0. The van der Waals surface area contributed by atoms with E-state index in [0.29, 0.717) is 6.61 Å². The van der Waals surface area contributed by atoms with Gasteiger partial charge >= 0.3 is 0 Å². The molecule has 16 heavy (non-hydrogen) atoms. The Morgan fingerprint density at radius 2 is 2.38 bits per heavy atom. The molecule has 1 saturated heterocycles. The van der Waals surface area contributed by atoms with E-state index in [1.807, 2.05) is 6.92 Å². The van der Waals surface area contributed by atoms with Gasteiger partial charge in [0.2, 0.25) is 5.91 Å². The van der Waals surface area contributed by atoms with Crippen LogP contribution in [0.3, 0.4) is 0 Å². The molecule has 4 atom stereocenters. The molecule has 90 valence electrons. The van der Waals surface area contributed by atoms with Crippen LogP contribution in [0.1, 0.15) is 19.8 Å². The van der Waals surface area contributed by atoms with Gasteiger partial charge in [-0.15, -0.1) is 0 Å². The number of carbonyl (C=O) groups is 1. The molecule has 0 aromatic carbocycles. The highest BCUT2D eigenvalue weighted by molar-refractivity contribution is 5.93. The molecule has 2 rings (SSSR count). The molecule has 0 aromatic rings. The number of hydrazone groups is 1. The first-order valence-corrected chi connectivity index (χ1v) is 5.58. The van der Waals surface area contributed by atoms with Gasteiger partial charge in [-0.3, -0.25) is 9.80 Å². The summed E-state index contributed by atoms with van der Waals surface area (Å²) < 4.78 is 5.47. The number of carbonyl (C=O) groups excluding carboxylic acids is 1. The zero-order valence-corrected chi connectivity index (χ0v) is 9.37. The van der Waals surface area contributed by atoms with Crippen molar-refractivity contribution >= 4 is 12.1 Å². The van der Waals surface area contributed by atoms with Crippen LogP contribution in [0.15, 0.2) is 5.10 Å². The van der Waals surface area contributed by atoms with E-state index in [1.54, 1.807) is 11.2 Å². The molecular weight excluding hydrogens is 208 g/mol. The Labute approximate surface area is 94.6 Å². The number of primary amides is 1. The highest BCUT2D eigenvalue weighted by Crippen LogP contribution is 2.24. The summed E-state index contributed by atoms with van der Waals surface area (Å²) in [6.07, 6.45) is 3.12. The second kappa shape index (κ2) is 4.39. The van der Waals surface area contributed by atoms with Crippen molar-refractivity contribution in [1.29, 1.82) is 0 Å². The Kier molecular flexibility index (Phi) is 3.11. The smallest absolute Gasteiger partial charge is 0.229 e. The van der Waals surface area contributed by atoms with Crippen LogP contribution in [-0.4, -0.2) is 42.0 Å². The third-order valence-electron chi connectivity index (χ3n) is 3.19. The van der Waals surface area contributed by atoms with Gasteiger partial charge in [0.25, 0.3) is 0 Å². The van der Waals surface area contributed by atoms with Gasteiger partial charge in [-0.1, -0.05) is 0 Å². The minimum absolute atomic E-state index is 0.216. The Morgan fingerprint density at radius 1 is 1.62 bits per heavy atom. The fraction of sp³-hybridized carbons (Fsp3) is 0.800. The van der Waals surface area contributed by atoms with Crippen molar-refractivity contribution < 1.29 is 9.53 Å². The van der Waals surface area contributed by atoms with Gasteiger partial charge in [0.1, 0.15) is 12.1 Å². The number of ether oxygens (including phenoxy) is 1. The Hall–Kier alpha value is -1.14. The molecule has 1 amide bonds. The summed E-state index contributed by atoms with van der Waals surface area (Å²) in [7, 11) is 0. The first-order chi connectivity index (χ1) is 7.59. The van der Waals surface area contributed by atoms with Gasteiger partial charge in [-0.25, -0.2) is 0 Å². The Morgan fingerprint density at radius 3 is 2.94 bits per heavy atom. The molecule has 0 saturated carbocycles. The number of hydrogen-bond donors (Lipinski definition) is 2. The van der Waals surface area contributed by atoms with Crippen LogP contribution in [0.4, 0.5) is 0 Å². The summed E-state index contributed by atoms with van der Waals surface area (Å²) in [4.78, 5) is 11.1. The van der Waals surface area contributed by atoms with Gasteiger partial charge in [0.05, 0.1) is 12.1 Å². The summed E-state index contributed by atoms with van der Waals surface area (Å²) in [5.74, 6) is -0.892. The molecule has 0 bridgehead atoms. The van der Waals surface area contributed by atoms with E-state index in [0.717, 1.165) is 12.8 Å². The highest BCUT2D eigenvalue weighted by atomic mass is 16.5. The minimum atomic E-state index is -0.474. The van der Waals surface area contributed by atoms with Crippen LogP contribution in [0.5, 0.6) is 0 Å². The lowest BCUT2D eigenvalue weighted by Gasteiger charge is -2.36. The molecule has 1 fully saturated rings. The number of amides is 1. The Balaban J connectivity index is 2.01. The van der Waals surface area contributed by atoms with E-state index in [1.165, 1.54) is 0 Å². The molecule has 6 nitrogen and oxygen atoms in total. The monoisotopic (exact) mass is 226 g/mol. The van der Waals surface area contributed by atoms with Crippen LogP contribution >= 0.6 is 0 Å². The first-order valence-electron chi connectivity index (χ1n) is 5.58. The molecule has 4 unspecified atom stereocenters. The average Bonchev–Trinajstić information content (AvgIpc) is 2.60. The number of nitrogens with zero attached hydrogens (tertiary/aromatic N) is 2. The van der Waals surface area contributed by atoms with Crippen LogP contribution in [0.25, 0.3) is 0 Å². The van der Waals surface area contributed by atoms with Crippen molar-refractivity contribution in [2.24, 2.45) is 22.5 Å². The van der Waals surface area contributed by atoms with E-state index in [4.69, 9.17) is 16.2 Å². The highest BCUT2D eigenvalue weighted by Gasteiger charge is 2.37. The van der Waals surface area contributed by atoms with Gasteiger partial charge in [-0.2, -0.15) is 5.10 Å². The number of hydrogen-bond acceptors (Lipinski definition) is 5. The lowest BCUT2D eigenvalue weighted by atomic mass is 10.0. The molecule has 0 spiro atoms. The topological polar surface area (TPSA) is 93.9 Å². The molecular formula is C10H18N4O2. The largest absolute Gasteiger partial charge is 0.378 e. The summed E-state index contributed by atoms with van der Waals surface area (Å²) in [5.41, 5.74) is 11.2. The van der Waals surface area contributed by atoms with Crippen LogP contribution < -0.4 is 11.5 Å². The maximum absolute atomic E-state index is 11.1. The fourth-order valence-electron chi connectivity index (χ4n) is 2.27. The standard InChI is InChI=1S/C10H18N4O2/c1-6-4-7(2-3-16-6)14-9(11)8(5-13-14)10(12)15/h5-9H,2-4,11H2,1H3,(H2,12,15). The maximum atomic E-state index is 11.1. The molecule has 4 N–H and O–H groups in total. The van der Waals surface area contributed by atoms with Crippen LogP contribution in [0, 0.1) is 5.92 Å². The van der Waals surface area contributed by atoms with E-state index in [-0.39, 0.29) is 12.1 Å². The summed E-state index contributed by atoms with van der Waals surface area (Å²) in [5, 5.41) is 6.00. The zero-order valence-electron chi connectivity index (χ0n) is 9.37. The van der Waals surface area contributed by atoms with Gasteiger partial charge in [0.15, 0.2) is 0 Å². The Bertz CT molecular complexity index is 307. The predicted molar refractivity (Wildman–Crippen MR) is 59.4 cm³/mol. The van der Waals surface area contributed by atoms with Crippen LogP contribution in [-0.2, 0) is 9.53 Å². The first kappa shape index (κ1) is 11.3. The minimum Gasteiger partial charge on any atom is -0.378 e. The van der Waals surface area contributed by atoms with E-state index in [9.17, 15) is 4.79 Å². The van der Waals surface area contributed by atoms with Gasteiger partial charge < -0.3 is 16.2 Å². The van der Waals surface area contributed by atoms with E-state index < -0.39 is 18.0 Å². The number of rotatable bonds is 2. The summed E-state index contributed by atoms with van der Waals surface area (Å²) in [6, 6.07) is 0.249. The quantitative estimate of drug-likeness (QED) is 0.647.